The molecule has 3 amide bonds. The van der Waals surface area contributed by atoms with Crippen molar-refractivity contribution in [3.8, 4) is 5.75 Å². The Kier molecular flexibility index (Phi) is 4.24. The topological polar surface area (TPSA) is 75.7 Å². The summed E-state index contributed by atoms with van der Waals surface area (Å²) >= 11 is 0. The molecule has 3 atom stereocenters. The number of carbonyl (C=O) groups excluding carboxylic acids is 3. The van der Waals surface area contributed by atoms with Crippen LogP contribution in [0.2, 0.25) is 0 Å². The Bertz CT molecular complexity index is 816. The first-order valence-corrected chi connectivity index (χ1v) is 9.68. The van der Waals surface area contributed by atoms with Crippen molar-refractivity contribution in [2.24, 2.45) is 11.3 Å². The van der Waals surface area contributed by atoms with E-state index in [4.69, 9.17) is 4.74 Å². The van der Waals surface area contributed by atoms with Crippen LogP contribution in [0.3, 0.4) is 0 Å². The van der Waals surface area contributed by atoms with E-state index in [-0.39, 0.29) is 30.2 Å². The summed E-state index contributed by atoms with van der Waals surface area (Å²) in [5, 5.41) is 2.33. The predicted molar refractivity (Wildman–Crippen MR) is 99.1 cm³/mol. The molecule has 6 heteroatoms. The van der Waals surface area contributed by atoms with Crippen molar-refractivity contribution in [3.63, 3.8) is 0 Å². The molecule has 2 heterocycles. The summed E-state index contributed by atoms with van der Waals surface area (Å²) in [6.07, 6.45) is 2.99. The molecule has 2 fully saturated rings. The summed E-state index contributed by atoms with van der Waals surface area (Å²) in [5.41, 5.74) is 1.79. The van der Waals surface area contributed by atoms with Gasteiger partial charge in [0.25, 0.3) is 5.91 Å². The molecule has 27 heavy (non-hydrogen) atoms. The third-order valence-corrected chi connectivity index (χ3v) is 6.05. The molecular formula is C21H26N2O4. The van der Waals surface area contributed by atoms with Crippen LogP contribution >= 0.6 is 0 Å². The fraction of sp³-hybridized carbons (Fsp3) is 0.571. The fourth-order valence-corrected chi connectivity index (χ4v) is 4.79. The molecule has 0 bridgehead atoms. The molecular weight excluding hydrogens is 344 g/mol. The average molecular weight is 370 g/mol. The van der Waals surface area contributed by atoms with Crippen molar-refractivity contribution in [1.29, 1.82) is 0 Å². The quantitative estimate of drug-likeness (QED) is 0.830. The minimum Gasteiger partial charge on any atom is -0.490 e. The second-order valence-corrected chi connectivity index (χ2v) is 8.92. The molecule has 144 valence electrons. The predicted octanol–water partition coefficient (Wildman–Crippen LogP) is 2.65. The zero-order valence-electron chi connectivity index (χ0n) is 16.1. The van der Waals surface area contributed by atoms with Crippen LogP contribution in [-0.2, 0) is 16.1 Å². The minimum absolute atomic E-state index is 0.151. The summed E-state index contributed by atoms with van der Waals surface area (Å²) in [6, 6.07) is 4.99. The van der Waals surface area contributed by atoms with E-state index >= 15 is 0 Å². The van der Waals surface area contributed by atoms with Gasteiger partial charge in [-0.2, -0.15) is 0 Å². The summed E-state index contributed by atoms with van der Waals surface area (Å²) in [7, 11) is 0. The second-order valence-electron chi connectivity index (χ2n) is 8.92. The normalized spacial score (nSPS) is 29.7. The first-order chi connectivity index (χ1) is 12.7. The largest absolute Gasteiger partial charge is 0.490 e. The number of hydrogen-bond acceptors (Lipinski definition) is 4. The number of imide groups is 1. The molecule has 0 radical (unpaired) electrons. The number of piperidine rings is 1. The maximum atomic E-state index is 12.7. The van der Waals surface area contributed by atoms with Gasteiger partial charge in [-0.25, -0.2) is 0 Å². The van der Waals surface area contributed by atoms with E-state index in [1.165, 1.54) is 0 Å². The summed E-state index contributed by atoms with van der Waals surface area (Å²) < 4.78 is 6.25. The molecule has 1 saturated heterocycles. The Morgan fingerprint density at radius 1 is 1.19 bits per heavy atom. The highest BCUT2D eigenvalue weighted by Gasteiger charge is 2.40. The van der Waals surface area contributed by atoms with Gasteiger partial charge in [-0.05, 0) is 54.4 Å². The molecule has 0 spiro atoms. The average Bonchev–Trinajstić information content (AvgIpc) is 3.03. The van der Waals surface area contributed by atoms with Crippen LogP contribution in [0.5, 0.6) is 5.75 Å². The third-order valence-electron chi connectivity index (χ3n) is 6.05. The third kappa shape index (κ3) is 3.33. The molecule has 1 saturated carbocycles. The molecule has 4 rings (SSSR count). The summed E-state index contributed by atoms with van der Waals surface area (Å²) in [4.78, 5) is 37.8. The molecule has 1 aromatic rings. The number of ether oxygens (including phenoxy) is 1. The van der Waals surface area contributed by atoms with Crippen molar-refractivity contribution in [2.45, 2.75) is 65.1 Å². The minimum atomic E-state index is -0.581. The van der Waals surface area contributed by atoms with E-state index in [1.807, 2.05) is 12.1 Å². The maximum Gasteiger partial charge on any atom is 0.255 e. The van der Waals surface area contributed by atoms with Crippen LogP contribution in [0.15, 0.2) is 18.2 Å². The molecule has 6 nitrogen and oxygen atoms in total. The van der Waals surface area contributed by atoms with Crippen molar-refractivity contribution >= 4 is 17.7 Å². The SMILES string of the molecule is C[C@@H]1CC(C)(C)C[C@@H]1Oc1ccc2c(c1)CN(C1CCC(=O)NC1=O)C2=O. The Balaban J connectivity index is 1.50. The van der Waals surface area contributed by atoms with Gasteiger partial charge < -0.3 is 9.64 Å². The molecule has 1 N–H and O–H groups in total. The van der Waals surface area contributed by atoms with Gasteiger partial charge >= 0.3 is 0 Å². The highest BCUT2D eigenvalue weighted by atomic mass is 16.5. The number of nitrogens with zero attached hydrogens (tertiary/aromatic N) is 1. The molecule has 0 aromatic heterocycles. The molecule has 1 aliphatic carbocycles. The van der Waals surface area contributed by atoms with Gasteiger partial charge in [0.15, 0.2) is 0 Å². The number of fused-ring (bicyclic) bond motifs is 1. The second kappa shape index (κ2) is 6.36. The van der Waals surface area contributed by atoms with Crippen molar-refractivity contribution in [3.05, 3.63) is 29.3 Å². The van der Waals surface area contributed by atoms with Crippen LogP contribution in [0, 0.1) is 11.3 Å². The van der Waals surface area contributed by atoms with Gasteiger partial charge in [-0.15, -0.1) is 0 Å². The van der Waals surface area contributed by atoms with Crippen molar-refractivity contribution in [1.82, 2.24) is 10.2 Å². The number of nitrogens with one attached hydrogen (secondary N) is 1. The number of rotatable bonds is 3. The van der Waals surface area contributed by atoms with Crippen LogP contribution < -0.4 is 10.1 Å². The van der Waals surface area contributed by atoms with Crippen molar-refractivity contribution < 1.29 is 19.1 Å². The Morgan fingerprint density at radius 2 is 1.96 bits per heavy atom. The highest BCUT2D eigenvalue weighted by molar-refractivity contribution is 6.05. The van der Waals surface area contributed by atoms with Gasteiger partial charge in [-0.1, -0.05) is 20.8 Å². The van der Waals surface area contributed by atoms with Crippen LogP contribution in [-0.4, -0.2) is 34.8 Å². The van der Waals surface area contributed by atoms with Crippen molar-refractivity contribution in [2.75, 3.05) is 0 Å². The van der Waals surface area contributed by atoms with Gasteiger partial charge in [0.1, 0.15) is 17.9 Å². The van der Waals surface area contributed by atoms with E-state index in [0.717, 1.165) is 24.2 Å². The lowest BCUT2D eigenvalue weighted by molar-refractivity contribution is -0.136. The first kappa shape index (κ1) is 18.0. The van der Waals surface area contributed by atoms with E-state index in [1.54, 1.807) is 11.0 Å². The monoisotopic (exact) mass is 370 g/mol. The lowest BCUT2D eigenvalue weighted by Gasteiger charge is -2.29. The lowest BCUT2D eigenvalue weighted by Crippen LogP contribution is -2.52. The smallest absolute Gasteiger partial charge is 0.255 e. The van der Waals surface area contributed by atoms with Crippen LogP contribution in [0.1, 0.15) is 62.4 Å². The van der Waals surface area contributed by atoms with Crippen LogP contribution in [0.25, 0.3) is 0 Å². The first-order valence-electron chi connectivity index (χ1n) is 9.68. The number of amides is 3. The number of benzene rings is 1. The zero-order chi connectivity index (χ0) is 19.3. The van der Waals surface area contributed by atoms with E-state index in [0.29, 0.717) is 29.9 Å². The summed E-state index contributed by atoms with van der Waals surface area (Å²) in [6.45, 7) is 7.14. The van der Waals surface area contributed by atoms with E-state index in [2.05, 4.69) is 26.1 Å². The van der Waals surface area contributed by atoms with Gasteiger partial charge in [0.05, 0.1) is 0 Å². The number of hydrogen-bond donors (Lipinski definition) is 1. The van der Waals surface area contributed by atoms with E-state index in [9.17, 15) is 14.4 Å². The lowest BCUT2D eigenvalue weighted by atomic mass is 9.91. The molecule has 1 aromatic carbocycles. The van der Waals surface area contributed by atoms with Gasteiger partial charge in [-0.3, -0.25) is 19.7 Å². The Labute approximate surface area is 159 Å². The Morgan fingerprint density at radius 3 is 2.63 bits per heavy atom. The summed E-state index contributed by atoms with van der Waals surface area (Å²) in [5.74, 6) is 0.466. The molecule has 2 aliphatic heterocycles. The number of carbonyl (C=O) groups is 3. The Hall–Kier alpha value is -2.37. The van der Waals surface area contributed by atoms with Gasteiger partial charge in [0.2, 0.25) is 11.8 Å². The van der Waals surface area contributed by atoms with Crippen LogP contribution in [0.4, 0.5) is 0 Å². The molecule has 1 unspecified atom stereocenters. The zero-order valence-corrected chi connectivity index (χ0v) is 16.1. The highest BCUT2D eigenvalue weighted by Crippen LogP contribution is 2.43. The maximum absolute atomic E-state index is 12.7. The van der Waals surface area contributed by atoms with Gasteiger partial charge in [0, 0.05) is 18.5 Å². The standard InChI is InChI=1S/C21H26N2O4/c1-12-9-21(2,3)10-17(12)27-14-4-5-15-13(8-14)11-23(20(15)26)16-6-7-18(24)22-19(16)25/h4-5,8,12,16-17H,6-7,9-11H2,1-3H3,(H,22,24,25)/t12-,16?,17+/m1/s1. The fourth-order valence-electron chi connectivity index (χ4n) is 4.79. The van der Waals surface area contributed by atoms with E-state index < -0.39 is 6.04 Å². The molecule has 3 aliphatic rings.